The molecule has 0 saturated carbocycles. The first-order chi connectivity index (χ1) is 7.45. The molecule has 1 N–H and O–H groups in total. The van der Waals surface area contributed by atoms with E-state index in [1.54, 1.807) is 0 Å². The summed E-state index contributed by atoms with van der Waals surface area (Å²) in [7, 11) is 0. The van der Waals surface area contributed by atoms with E-state index in [0.29, 0.717) is 5.92 Å². The first kappa shape index (κ1) is 13.7. The average Bonchev–Trinajstić information content (AvgIpc) is 2.58. The molecule has 16 heavy (non-hydrogen) atoms. The number of amides is 1. The number of hydrogen-bond donors (Lipinski definition) is 1. The van der Waals surface area contributed by atoms with Crippen LogP contribution in [0.25, 0.3) is 0 Å². The number of thiophene rings is 1. The van der Waals surface area contributed by atoms with Gasteiger partial charge in [-0.25, -0.2) is 0 Å². The molecule has 0 aliphatic heterocycles. The lowest BCUT2D eigenvalue weighted by molar-refractivity contribution is 0.0932. The lowest BCUT2D eigenvalue weighted by Crippen LogP contribution is -2.36. The van der Waals surface area contributed by atoms with Crippen molar-refractivity contribution in [2.24, 2.45) is 5.92 Å². The molecular weight excluding hydrogens is 286 g/mol. The third-order valence-electron chi connectivity index (χ3n) is 2.94. The molecule has 90 valence electrons. The van der Waals surface area contributed by atoms with Crippen LogP contribution in [0.1, 0.15) is 42.4 Å². The van der Waals surface area contributed by atoms with Crippen LogP contribution in [0.5, 0.6) is 0 Å². The van der Waals surface area contributed by atoms with E-state index in [1.165, 1.54) is 11.3 Å². The zero-order chi connectivity index (χ0) is 12.3. The predicted molar refractivity (Wildman–Crippen MR) is 73.1 cm³/mol. The van der Waals surface area contributed by atoms with Crippen LogP contribution in [-0.4, -0.2) is 11.9 Å². The van der Waals surface area contributed by atoms with Crippen molar-refractivity contribution in [3.63, 3.8) is 0 Å². The van der Waals surface area contributed by atoms with Crippen molar-refractivity contribution in [1.82, 2.24) is 5.32 Å². The summed E-state index contributed by atoms with van der Waals surface area (Å²) >= 11 is 4.92. The van der Waals surface area contributed by atoms with E-state index in [2.05, 4.69) is 42.0 Å². The molecule has 2 nitrogen and oxygen atoms in total. The third kappa shape index (κ3) is 3.32. The van der Waals surface area contributed by atoms with Crippen molar-refractivity contribution < 1.29 is 4.79 Å². The SMILES string of the molecule is CCC(C)C(C)NC(=O)c1cc(C)c(Br)s1. The highest BCUT2D eigenvalue weighted by molar-refractivity contribution is 9.11. The van der Waals surface area contributed by atoms with Crippen LogP contribution in [0.4, 0.5) is 0 Å². The Balaban J connectivity index is 2.65. The average molecular weight is 304 g/mol. The quantitative estimate of drug-likeness (QED) is 0.895. The van der Waals surface area contributed by atoms with Crippen LogP contribution in [0.2, 0.25) is 0 Å². The molecule has 0 saturated heterocycles. The van der Waals surface area contributed by atoms with Crippen LogP contribution in [-0.2, 0) is 0 Å². The van der Waals surface area contributed by atoms with Gasteiger partial charge in [-0.2, -0.15) is 0 Å². The number of rotatable bonds is 4. The fourth-order valence-electron chi connectivity index (χ4n) is 1.35. The Kier molecular flexibility index (Phi) is 4.99. The molecule has 1 aromatic rings. The second kappa shape index (κ2) is 5.82. The lowest BCUT2D eigenvalue weighted by Gasteiger charge is -2.19. The van der Waals surface area contributed by atoms with Crippen molar-refractivity contribution in [3.8, 4) is 0 Å². The maximum Gasteiger partial charge on any atom is 0.261 e. The second-order valence-corrected chi connectivity index (χ2v) is 6.59. The summed E-state index contributed by atoms with van der Waals surface area (Å²) in [4.78, 5) is 12.7. The van der Waals surface area contributed by atoms with Crippen LogP contribution in [0.15, 0.2) is 9.85 Å². The van der Waals surface area contributed by atoms with E-state index in [9.17, 15) is 4.79 Å². The topological polar surface area (TPSA) is 29.1 Å². The molecule has 1 amide bonds. The Labute approximate surface area is 110 Å². The Bertz CT molecular complexity index is 356. The van der Waals surface area contributed by atoms with Crippen molar-refractivity contribution in [1.29, 1.82) is 0 Å². The van der Waals surface area contributed by atoms with Gasteiger partial charge in [-0.3, -0.25) is 4.79 Å². The van der Waals surface area contributed by atoms with Gasteiger partial charge in [0.1, 0.15) is 0 Å². The smallest absolute Gasteiger partial charge is 0.261 e. The minimum Gasteiger partial charge on any atom is -0.349 e. The van der Waals surface area contributed by atoms with E-state index < -0.39 is 0 Å². The van der Waals surface area contributed by atoms with Crippen molar-refractivity contribution >= 4 is 33.2 Å². The second-order valence-electron chi connectivity index (χ2n) is 4.22. The first-order valence-electron chi connectivity index (χ1n) is 5.52. The van der Waals surface area contributed by atoms with Crippen molar-refractivity contribution in [3.05, 3.63) is 20.3 Å². The molecule has 0 radical (unpaired) electrons. The van der Waals surface area contributed by atoms with Gasteiger partial charge in [0.2, 0.25) is 0 Å². The fraction of sp³-hybridized carbons (Fsp3) is 0.583. The highest BCUT2D eigenvalue weighted by atomic mass is 79.9. The van der Waals surface area contributed by atoms with Gasteiger partial charge in [0.25, 0.3) is 5.91 Å². The van der Waals surface area contributed by atoms with Crippen LogP contribution in [0, 0.1) is 12.8 Å². The van der Waals surface area contributed by atoms with E-state index in [4.69, 9.17) is 0 Å². The van der Waals surface area contributed by atoms with Gasteiger partial charge in [0, 0.05) is 6.04 Å². The van der Waals surface area contributed by atoms with Crippen LogP contribution >= 0.6 is 27.3 Å². The first-order valence-corrected chi connectivity index (χ1v) is 7.13. The summed E-state index contributed by atoms with van der Waals surface area (Å²) < 4.78 is 1.04. The molecule has 0 bridgehead atoms. The molecule has 0 fully saturated rings. The van der Waals surface area contributed by atoms with E-state index in [-0.39, 0.29) is 11.9 Å². The molecule has 0 aliphatic rings. The zero-order valence-corrected chi connectivity index (χ0v) is 12.5. The van der Waals surface area contributed by atoms with Crippen LogP contribution < -0.4 is 5.32 Å². The maximum absolute atomic E-state index is 11.9. The molecule has 0 aliphatic carbocycles. The number of halogens is 1. The molecule has 1 rings (SSSR count). The Morgan fingerprint density at radius 1 is 1.56 bits per heavy atom. The standard InChI is InChI=1S/C12H18BrNOS/c1-5-7(2)9(4)14-12(15)10-6-8(3)11(13)16-10/h6-7,9H,5H2,1-4H3,(H,14,15). The highest BCUT2D eigenvalue weighted by Gasteiger charge is 2.16. The van der Waals surface area contributed by atoms with Gasteiger partial charge in [-0.15, -0.1) is 11.3 Å². The number of nitrogens with one attached hydrogen (secondary N) is 1. The summed E-state index contributed by atoms with van der Waals surface area (Å²) in [6.45, 7) is 8.34. The lowest BCUT2D eigenvalue weighted by atomic mass is 10.0. The van der Waals surface area contributed by atoms with Gasteiger partial charge in [0.05, 0.1) is 8.66 Å². The molecule has 2 atom stereocenters. The number of carbonyl (C=O) groups is 1. The third-order valence-corrected chi connectivity index (χ3v) is 5.07. The largest absolute Gasteiger partial charge is 0.349 e. The Morgan fingerprint density at radius 3 is 2.62 bits per heavy atom. The van der Waals surface area contributed by atoms with Gasteiger partial charge in [0.15, 0.2) is 0 Å². The normalized spacial score (nSPS) is 14.6. The summed E-state index contributed by atoms with van der Waals surface area (Å²) in [5, 5.41) is 3.04. The van der Waals surface area contributed by atoms with Crippen molar-refractivity contribution in [2.45, 2.75) is 40.2 Å². The molecule has 4 heteroatoms. The monoisotopic (exact) mass is 303 g/mol. The van der Waals surface area contributed by atoms with E-state index in [0.717, 1.165) is 20.6 Å². The van der Waals surface area contributed by atoms with Gasteiger partial charge in [-0.1, -0.05) is 20.3 Å². The van der Waals surface area contributed by atoms with Gasteiger partial charge in [-0.05, 0) is 47.3 Å². The molecule has 1 heterocycles. The minimum atomic E-state index is 0.0339. The summed E-state index contributed by atoms with van der Waals surface area (Å²) in [6, 6.07) is 2.15. The molecule has 0 aromatic carbocycles. The summed E-state index contributed by atoms with van der Waals surface area (Å²) in [6.07, 6.45) is 1.08. The number of hydrogen-bond acceptors (Lipinski definition) is 2. The van der Waals surface area contributed by atoms with Gasteiger partial charge >= 0.3 is 0 Å². The summed E-state index contributed by atoms with van der Waals surface area (Å²) in [5.74, 6) is 0.542. The Morgan fingerprint density at radius 2 is 2.19 bits per heavy atom. The molecule has 1 aromatic heterocycles. The van der Waals surface area contributed by atoms with Crippen molar-refractivity contribution in [2.75, 3.05) is 0 Å². The predicted octanol–water partition coefficient (Wildman–Crippen LogP) is 3.98. The van der Waals surface area contributed by atoms with E-state index in [1.807, 2.05) is 13.0 Å². The molecule has 0 spiro atoms. The van der Waals surface area contributed by atoms with Crippen LogP contribution in [0.3, 0.4) is 0 Å². The Hall–Kier alpha value is -0.350. The molecular formula is C12H18BrNOS. The summed E-state index contributed by atoms with van der Waals surface area (Å²) in [5.41, 5.74) is 1.12. The van der Waals surface area contributed by atoms with E-state index >= 15 is 0 Å². The zero-order valence-electron chi connectivity index (χ0n) is 10.1. The highest BCUT2D eigenvalue weighted by Crippen LogP contribution is 2.27. The maximum atomic E-state index is 11.9. The molecule has 2 unspecified atom stereocenters. The van der Waals surface area contributed by atoms with Gasteiger partial charge < -0.3 is 5.32 Å². The fourth-order valence-corrected chi connectivity index (χ4v) is 2.78. The number of carbonyl (C=O) groups excluding carboxylic acids is 1. The number of aryl methyl sites for hydroxylation is 1. The minimum absolute atomic E-state index is 0.0339.